The molecule has 5 nitrogen and oxygen atoms in total. The van der Waals surface area contributed by atoms with E-state index < -0.39 is 16.0 Å². The van der Waals surface area contributed by atoms with Crippen LogP contribution in [0.1, 0.15) is 31.2 Å². The molecule has 0 aliphatic carbocycles. The van der Waals surface area contributed by atoms with Crippen molar-refractivity contribution in [2.45, 2.75) is 32.2 Å². The molecule has 0 amide bonds. The second-order valence-corrected chi connectivity index (χ2v) is 6.61. The number of benzene rings is 1. The fourth-order valence-corrected chi connectivity index (χ4v) is 3.57. The lowest BCUT2D eigenvalue weighted by atomic mass is 10.2. The Balaban J connectivity index is 2.15. The summed E-state index contributed by atoms with van der Waals surface area (Å²) in [6.07, 6.45) is 3.75. The minimum absolute atomic E-state index is 0.0357. The molecule has 2 rings (SSSR count). The van der Waals surface area contributed by atoms with Gasteiger partial charge in [0.05, 0.1) is 5.69 Å². The average molecular weight is 301 g/mol. The first-order valence-electron chi connectivity index (χ1n) is 6.79. The van der Waals surface area contributed by atoms with Crippen LogP contribution in [0.2, 0.25) is 0 Å². The molecule has 1 aromatic carbocycles. The molecule has 0 unspecified atom stereocenters. The Morgan fingerprint density at radius 3 is 2.40 bits per heavy atom. The Labute approximate surface area is 119 Å². The molecule has 1 heterocycles. The van der Waals surface area contributed by atoms with Crippen molar-refractivity contribution in [3.05, 3.63) is 29.6 Å². The average Bonchev–Trinajstić information content (AvgIpc) is 2.70. The Morgan fingerprint density at radius 2 is 1.85 bits per heavy atom. The Bertz CT molecular complexity index is 555. The van der Waals surface area contributed by atoms with E-state index >= 15 is 0 Å². The van der Waals surface area contributed by atoms with Gasteiger partial charge in [-0.3, -0.25) is 4.72 Å². The van der Waals surface area contributed by atoms with E-state index in [0.29, 0.717) is 18.7 Å². The number of hydrogen-bond acceptors (Lipinski definition) is 3. The predicted octanol–water partition coefficient (Wildman–Crippen LogP) is 1.82. The van der Waals surface area contributed by atoms with Gasteiger partial charge in [-0.05, 0) is 30.5 Å². The highest BCUT2D eigenvalue weighted by Gasteiger charge is 2.23. The quantitative estimate of drug-likeness (QED) is 0.890. The third kappa shape index (κ3) is 3.68. The van der Waals surface area contributed by atoms with Gasteiger partial charge in [0.15, 0.2) is 0 Å². The maximum absolute atomic E-state index is 13.8. The van der Waals surface area contributed by atoms with E-state index in [1.165, 1.54) is 16.4 Å². The minimum Gasteiger partial charge on any atom is -0.326 e. The molecule has 0 atom stereocenters. The van der Waals surface area contributed by atoms with Crippen molar-refractivity contribution in [3.63, 3.8) is 0 Å². The first-order valence-corrected chi connectivity index (χ1v) is 8.23. The normalized spacial score (nSPS) is 17.7. The molecule has 1 saturated heterocycles. The molecule has 0 saturated carbocycles. The Kier molecular flexibility index (Phi) is 4.95. The lowest BCUT2D eigenvalue weighted by Gasteiger charge is -2.21. The van der Waals surface area contributed by atoms with Crippen LogP contribution in [0.25, 0.3) is 0 Å². The van der Waals surface area contributed by atoms with E-state index in [-0.39, 0.29) is 12.2 Å². The van der Waals surface area contributed by atoms with Crippen LogP contribution in [0.5, 0.6) is 0 Å². The van der Waals surface area contributed by atoms with Crippen LogP contribution in [-0.2, 0) is 16.8 Å². The zero-order chi connectivity index (χ0) is 14.6. The smallest absolute Gasteiger partial charge is 0.301 e. The van der Waals surface area contributed by atoms with Crippen molar-refractivity contribution in [1.29, 1.82) is 0 Å². The fraction of sp³-hybridized carbons (Fsp3) is 0.538. The van der Waals surface area contributed by atoms with Crippen LogP contribution in [0, 0.1) is 5.82 Å². The number of anilines is 1. The van der Waals surface area contributed by atoms with Crippen LogP contribution < -0.4 is 10.5 Å². The Morgan fingerprint density at radius 1 is 1.20 bits per heavy atom. The lowest BCUT2D eigenvalue weighted by Crippen LogP contribution is -2.36. The number of nitrogens with one attached hydrogen (secondary N) is 1. The van der Waals surface area contributed by atoms with Gasteiger partial charge >= 0.3 is 10.2 Å². The predicted molar refractivity (Wildman–Crippen MR) is 76.9 cm³/mol. The van der Waals surface area contributed by atoms with Gasteiger partial charge in [0, 0.05) is 19.6 Å². The van der Waals surface area contributed by atoms with Crippen molar-refractivity contribution in [2.75, 3.05) is 17.8 Å². The third-order valence-electron chi connectivity index (χ3n) is 3.41. The number of nitrogens with two attached hydrogens (primary N) is 1. The molecule has 1 aliphatic rings. The molecule has 1 aliphatic heterocycles. The van der Waals surface area contributed by atoms with Gasteiger partial charge in [0.25, 0.3) is 0 Å². The molecule has 112 valence electrons. The van der Waals surface area contributed by atoms with Crippen molar-refractivity contribution in [1.82, 2.24) is 4.31 Å². The summed E-state index contributed by atoms with van der Waals surface area (Å²) < 4.78 is 42.0. The Hall–Kier alpha value is -1.18. The summed E-state index contributed by atoms with van der Waals surface area (Å²) in [5.74, 6) is -0.605. The van der Waals surface area contributed by atoms with E-state index in [1.54, 1.807) is 6.07 Å². The summed E-state index contributed by atoms with van der Waals surface area (Å²) in [6, 6.07) is 4.27. The van der Waals surface area contributed by atoms with Crippen LogP contribution in [0.3, 0.4) is 0 Å². The number of hydrogen-bond donors (Lipinski definition) is 2. The summed E-state index contributed by atoms with van der Waals surface area (Å²) in [4.78, 5) is 0. The summed E-state index contributed by atoms with van der Waals surface area (Å²) in [5.41, 5.74) is 6.01. The van der Waals surface area contributed by atoms with Gasteiger partial charge in [-0.25, -0.2) is 4.39 Å². The molecule has 1 fully saturated rings. The van der Waals surface area contributed by atoms with Gasteiger partial charge in [0.1, 0.15) is 5.82 Å². The summed E-state index contributed by atoms with van der Waals surface area (Å²) in [6.45, 7) is 1.19. The minimum atomic E-state index is -3.69. The summed E-state index contributed by atoms with van der Waals surface area (Å²) >= 11 is 0. The molecular formula is C13H20FN3O2S. The van der Waals surface area contributed by atoms with Crippen LogP contribution >= 0.6 is 0 Å². The molecule has 20 heavy (non-hydrogen) atoms. The molecule has 0 bridgehead atoms. The molecule has 1 aromatic rings. The second kappa shape index (κ2) is 6.51. The molecular weight excluding hydrogens is 281 g/mol. The van der Waals surface area contributed by atoms with Crippen molar-refractivity contribution >= 4 is 15.9 Å². The number of halogens is 1. The largest absolute Gasteiger partial charge is 0.326 e. The van der Waals surface area contributed by atoms with E-state index in [4.69, 9.17) is 5.73 Å². The highest BCUT2D eigenvalue weighted by atomic mass is 32.2. The van der Waals surface area contributed by atoms with E-state index in [1.807, 2.05) is 0 Å². The summed E-state index contributed by atoms with van der Waals surface area (Å²) in [7, 11) is -3.69. The number of nitrogens with zero attached hydrogens (tertiary/aromatic N) is 1. The van der Waals surface area contributed by atoms with Gasteiger partial charge in [-0.2, -0.15) is 12.7 Å². The number of rotatable bonds is 4. The van der Waals surface area contributed by atoms with E-state index in [9.17, 15) is 12.8 Å². The van der Waals surface area contributed by atoms with E-state index in [0.717, 1.165) is 25.7 Å². The standard InChI is InChI=1S/C13H20FN3O2S/c14-12-9-11(10-15)5-6-13(12)16-20(18,19)17-7-3-1-2-4-8-17/h5-6,9,16H,1-4,7-8,10,15H2. The molecule has 0 spiro atoms. The maximum atomic E-state index is 13.8. The van der Waals surface area contributed by atoms with Crippen molar-refractivity contribution < 1.29 is 12.8 Å². The monoisotopic (exact) mass is 301 g/mol. The summed E-state index contributed by atoms with van der Waals surface area (Å²) in [5, 5.41) is 0. The van der Waals surface area contributed by atoms with Crippen LogP contribution in [-0.4, -0.2) is 25.8 Å². The highest BCUT2D eigenvalue weighted by Crippen LogP contribution is 2.20. The zero-order valence-corrected chi connectivity index (χ0v) is 12.1. The molecule has 0 radical (unpaired) electrons. The van der Waals surface area contributed by atoms with Crippen LogP contribution in [0.4, 0.5) is 10.1 Å². The van der Waals surface area contributed by atoms with Crippen molar-refractivity contribution in [2.24, 2.45) is 5.73 Å². The molecule has 0 aromatic heterocycles. The second-order valence-electron chi connectivity index (χ2n) is 4.94. The van der Waals surface area contributed by atoms with E-state index in [2.05, 4.69) is 4.72 Å². The van der Waals surface area contributed by atoms with Gasteiger partial charge < -0.3 is 5.73 Å². The first-order chi connectivity index (χ1) is 9.53. The molecule has 3 N–H and O–H groups in total. The fourth-order valence-electron chi connectivity index (χ4n) is 2.25. The molecule has 7 heteroatoms. The lowest BCUT2D eigenvalue weighted by molar-refractivity contribution is 0.427. The topological polar surface area (TPSA) is 75.4 Å². The van der Waals surface area contributed by atoms with Crippen molar-refractivity contribution in [3.8, 4) is 0 Å². The van der Waals surface area contributed by atoms with Crippen LogP contribution in [0.15, 0.2) is 18.2 Å². The van der Waals surface area contributed by atoms with Gasteiger partial charge in [-0.1, -0.05) is 18.9 Å². The zero-order valence-electron chi connectivity index (χ0n) is 11.3. The SMILES string of the molecule is NCc1ccc(NS(=O)(=O)N2CCCCCC2)c(F)c1. The maximum Gasteiger partial charge on any atom is 0.301 e. The highest BCUT2D eigenvalue weighted by molar-refractivity contribution is 7.90. The van der Waals surface area contributed by atoms with Gasteiger partial charge in [-0.15, -0.1) is 0 Å². The third-order valence-corrected chi connectivity index (χ3v) is 4.94. The first kappa shape index (κ1) is 15.2. The van der Waals surface area contributed by atoms with Gasteiger partial charge in [0.2, 0.25) is 0 Å².